The van der Waals surface area contributed by atoms with Crippen molar-refractivity contribution in [1.29, 1.82) is 0 Å². The number of rotatable bonds is 2. The Morgan fingerprint density at radius 1 is 1.44 bits per heavy atom. The summed E-state index contributed by atoms with van der Waals surface area (Å²) < 4.78 is 20.5. The summed E-state index contributed by atoms with van der Waals surface area (Å²) in [6, 6.07) is 4.99. The second-order valence-electron chi connectivity index (χ2n) is 4.41. The van der Waals surface area contributed by atoms with Crippen LogP contribution in [-0.4, -0.2) is 20.9 Å². The normalized spacial score (nSPS) is 18.7. The molecular weight excluding hydrogens is 233 g/mol. The minimum atomic E-state index is -0.336. The van der Waals surface area contributed by atoms with Gasteiger partial charge < -0.3 is 4.74 Å². The fraction of sp³-hybridized carbons (Fsp3) is 0.385. The molecule has 0 saturated heterocycles. The van der Waals surface area contributed by atoms with Crippen LogP contribution < -0.4 is 0 Å². The van der Waals surface area contributed by atoms with E-state index in [2.05, 4.69) is 17.0 Å². The van der Waals surface area contributed by atoms with E-state index >= 15 is 0 Å². The molecule has 0 radical (unpaired) electrons. The molecule has 0 fully saturated rings. The zero-order valence-corrected chi connectivity index (χ0v) is 10.1. The van der Waals surface area contributed by atoms with Crippen molar-refractivity contribution >= 4 is 0 Å². The second kappa shape index (κ2) is 4.49. The molecule has 2 aromatic heterocycles. The van der Waals surface area contributed by atoms with Crippen molar-refractivity contribution in [3.63, 3.8) is 0 Å². The summed E-state index contributed by atoms with van der Waals surface area (Å²) in [6.07, 6.45) is 2.41. The molecule has 3 heterocycles. The molecule has 0 amide bonds. The monoisotopic (exact) mass is 247 g/mol. The Morgan fingerprint density at radius 2 is 2.33 bits per heavy atom. The van der Waals surface area contributed by atoms with Crippen LogP contribution in [0.3, 0.4) is 0 Å². The van der Waals surface area contributed by atoms with Gasteiger partial charge in [-0.1, -0.05) is 6.92 Å². The summed E-state index contributed by atoms with van der Waals surface area (Å²) in [5, 5.41) is 4.50. The summed E-state index contributed by atoms with van der Waals surface area (Å²) in [5.41, 5.74) is 2.50. The molecule has 1 unspecified atom stereocenters. The SMILES string of the molecule is CCC1Cn2nc(-c3ccc(F)cn3)cc2CO1. The predicted octanol–water partition coefficient (Wildman–Crippen LogP) is 2.39. The highest BCUT2D eigenvalue weighted by atomic mass is 19.1. The molecule has 3 rings (SSSR count). The summed E-state index contributed by atoms with van der Waals surface area (Å²) in [6.45, 7) is 3.45. The number of hydrogen-bond acceptors (Lipinski definition) is 3. The number of nitrogens with zero attached hydrogens (tertiary/aromatic N) is 3. The first kappa shape index (κ1) is 11.3. The zero-order valence-electron chi connectivity index (χ0n) is 10.1. The van der Waals surface area contributed by atoms with Gasteiger partial charge in [0.1, 0.15) is 11.5 Å². The number of aromatic nitrogens is 3. The van der Waals surface area contributed by atoms with Crippen LogP contribution in [0.4, 0.5) is 4.39 Å². The fourth-order valence-electron chi connectivity index (χ4n) is 2.08. The molecule has 0 aromatic carbocycles. The highest BCUT2D eigenvalue weighted by Gasteiger charge is 2.20. The summed E-state index contributed by atoms with van der Waals surface area (Å²) >= 11 is 0. The summed E-state index contributed by atoms with van der Waals surface area (Å²) in [7, 11) is 0. The van der Waals surface area contributed by atoms with E-state index < -0.39 is 0 Å². The van der Waals surface area contributed by atoms with Crippen molar-refractivity contribution in [2.45, 2.75) is 32.6 Å². The lowest BCUT2D eigenvalue weighted by Gasteiger charge is -2.22. The van der Waals surface area contributed by atoms with E-state index in [-0.39, 0.29) is 11.9 Å². The number of pyridine rings is 1. The topological polar surface area (TPSA) is 39.9 Å². The van der Waals surface area contributed by atoms with Crippen molar-refractivity contribution in [2.24, 2.45) is 0 Å². The van der Waals surface area contributed by atoms with Crippen LogP contribution in [0, 0.1) is 5.82 Å². The van der Waals surface area contributed by atoms with Crippen LogP contribution in [0.1, 0.15) is 19.0 Å². The maximum Gasteiger partial charge on any atom is 0.141 e. The smallest absolute Gasteiger partial charge is 0.141 e. The van der Waals surface area contributed by atoms with Crippen molar-refractivity contribution in [1.82, 2.24) is 14.8 Å². The van der Waals surface area contributed by atoms with Gasteiger partial charge >= 0.3 is 0 Å². The van der Waals surface area contributed by atoms with E-state index in [0.29, 0.717) is 12.3 Å². The fourth-order valence-corrected chi connectivity index (χ4v) is 2.08. The van der Waals surface area contributed by atoms with Gasteiger partial charge in [0.2, 0.25) is 0 Å². The van der Waals surface area contributed by atoms with Crippen molar-refractivity contribution in [2.75, 3.05) is 0 Å². The number of ether oxygens (including phenoxy) is 1. The van der Waals surface area contributed by atoms with E-state index in [1.807, 2.05) is 10.7 Å². The van der Waals surface area contributed by atoms with E-state index in [1.165, 1.54) is 12.3 Å². The Bertz CT molecular complexity index is 550. The van der Waals surface area contributed by atoms with Gasteiger partial charge in [-0.2, -0.15) is 5.10 Å². The van der Waals surface area contributed by atoms with Gasteiger partial charge in [-0.05, 0) is 24.6 Å². The minimum absolute atomic E-state index is 0.228. The Kier molecular flexibility index (Phi) is 2.83. The first-order valence-electron chi connectivity index (χ1n) is 6.06. The molecule has 5 heteroatoms. The Balaban J connectivity index is 1.91. The van der Waals surface area contributed by atoms with Crippen molar-refractivity contribution in [3.05, 3.63) is 35.9 Å². The molecular formula is C13H14FN3O. The lowest BCUT2D eigenvalue weighted by molar-refractivity contribution is -0.00139. The van der Waals surface area contributed by atoms with Crippen LogP contribution in [0.25, 0.3) is 11.4 Å². The summed E-state index contributed by atoms with van der Waals surface area (Å²) in [4.78, 5) is 4.04. The molecule has 0 aliphatic carbocycles. The van der Waals surface area contributed by atoms with Gasteiger partial charge in [0, 0.05) is 0 Å². The third-order valence-electron chi connectivity index (χ3n) is 3.15. The third-order valence-corrected chi connectivity index (χ3v) is 3.15. The van der Waals surface area contributed by atoms with Gasteiger partial charge in [-0.15, -0.1) is 0 Å². The zero-order chi connectivity index (χ0) is 12.5. The minimum Gasteiger partial charge on any atom is -0.370 e. The van der Waals surface area contributed by atoms with E-state index in [9.17, 15) is 4.39 Å². The molecule has 0 N–H and O–H groups in total. The quantitative estimate of drug-likeness (QED) is 0.818. The van der Waals surface area contributed by atoms with E-state index in [0.717, 1.165) is 24.4 Å². The van der Waals surface area contributed by atoms with Gasteiger partial charge in [0.25, 0.3) is 0 Å². The van der Waals surface area contributed by atoms with E-state index in [1.54, 1.807) is 6.07 Å². The van der Waals surface area contributed by atoms with E-state index in [4.69, 9.17) is 4.74 Å². The van der Waals surface area contributed by atoms with Crippen molar-refractivity contribution < 1.29 is 9.13 Å². The average Bonchev–Trinajstić information content (AvgIpc) is 2.82. The average molecular weight is 247 g/mol. The second-order valence-corrected chi connectivity index (χ2v) is 4.41. The maximum atomic E-state index is 12.8. The molecule has 1 aliphatic heterocycles. The predicted molar refractivity (Wildman–Crippen MR) is 64.3 cm³/mol. The van der Waals surface area contributed by atoms with Gasteiger partial charge in [0.05, 0.1) is 36.8 Å². The standard InChI is InChI=1S/C13H14FN3O/c1-2-11-7-17-10(8-18-11)5-13(16-17)12-4-3-9(14)6-15-12/h3-6,11H,2,7-8H2,1H3. The van der Waals surface area contributed by atoms with Gasteiger partial charge in [-0.3, -0.25) is 9.67 Å². The maximum absolute atomic E-state index is 12.8. The molecule has 0 bridgehead atoms. The largest absolute Gasteiger partial charge is 0.370 e. The summed E-state index contributed by atoms with van der Waals surface area (Å²) in [5.74, 6) is -0.336. The van der Waals surface area contributed by atoms with Crippen LogP contribution in [-0.2, 0) is 17.9 Å². The van der Waals surface area contributed by atoms with Gasteiger partial charge in [-0.25, -0.2) is 4.39 Å². The number of hydrogen-bond donors (Lipinski definition) is 0. The lowest BCUT2D eigenvalue weighted by Crippen LogP contribution is -2.26. The van der Waals surface area contributed by atoms with Crippen molar-refractivity contribution in [3.8, 4) is 11.4 Å². The highest BCUT2D eigenvalue weighted by molar-refractivity contribution is 5.54. The first-order valence-corrected chi connectivity index (χ1v) is 6.06. The van der Waals surface area contributed by atoms with Gasteiger partial charge in [0.15, 0.2) is 0 Å². The Hall–Kier alpha value is -1.75. The molecule has 94 valence electrons. The Morgan fingerprint density at radius 3 is 3.06 bits per heavy atom. The molecule has 1 aliphatic rings. The van der Waals surface area contributed by atoms with Crippen LogP contribution >= 0.6 is 0 Å². The highest BCUT2D eigenvalue weighted by Crippen LogP contribution is 2.22. The molecule has 4 nitrogen and oxygen atoms in total. The molecule has 2 aromatic rings. The third kappa shape index (κ3) is 2.01. The Labute approximate surface area is 104 Å². The van der Waals surface area contributed by atoms with Crippen LogP contribution in [0.2, 0.25) is 0 Å². The molecule has 1 atom stereocenters. The van der Waals surface area contributed by atoms with Crippen LogP contribution in [0.15, 0.2) is 24.4 Å². The lowest BCUT2D eigenvalue weighted by atomic mass is 10.2. The number of fused-ring (bicyclic) bond motifs is 1. The first-order chi connectivity index (χ1) is 8.76. The molecule has 0 saturated carbocycles. The molecule has 0 spiro atoms. The molecule has 18 heavy (non-hydrogen) atoms. The van der Waals surface area contributed by atoms with Crippen LogP contribution in [0.5, 0.6) is 0 Å². The number of halogens is 1.